The lowest BCUT2D eigenvalue weighted by Gasteiger charge is -2.12. The molecule has 0 spiro atoms. The van der Waals surface area contributed by atoms with Crippen LogP contribution in [0.4, 0.5) is 0 Å². The largest absolute Gasteiger partial charge is 0.493 e. The van der Waals surface area contributed by atoms with E-state index >= 15 is 0 Å². The fourth-order valence-corrected chi connectivity index (χ4v) is 1.97. The number of methoxy groups -OCH3 is 1. The van der Waals surface area contributed by atoms with Gasteiger partial charge in [-0.2, -0.15) is 0 Å². The zero-order valence-corrected chi connectivity index (χ0v) is 9.64. The Bertz CT molecular complexity index is 454. The minimum atomic E-state index is -1.54. The van der Waals surface area contributed by atoms with Crippen molar-refractivity contribution in [3.63, 3.8) is 0 Å². The van der Waals surface area contributed by atoms with Crippen LogP contribution >= 0.6 is 0 Å². The maximum absolute atomic E-state index is 10.7. The molecule has 1 aromatic carbocycles. The van der Waals surface area contributed by atoms with E-state index in [1.807, 2.05) is 6.92 Å². The molecule has 1 aromatic rings. The molecule has 1 heterocycles. The zero-order valence-electron chi connectivity index (χ0n) is 9.64. The minimum Gasteiger partial charge on any atom is -0.493 e. The third kappa shape index (κ3) is 2.06. The summed E-state index contributed by atoms with van der Waals surface area (Å²) < 4.78 is 10.7. The van der Waals surface area contributed by atoms with Gasteiger partial charge in [0.1, 0.15) is 6.10 Å². The van der Waals surface area contributed by atoms with Crippen molar-refractivity contribution in [1.82, 2.24) is 0 Å². The van der Waals surface area contributed by atoms with Crippen LogP contribution in [0.1, 0.15) is 24.2 Å². The SMILES string of the molecule is COc1cc(C(O)C(=O)O)cc2c1OC(C)C2. The zero-order chi connectivity index (χ0) is 12.6. The van der Waals surface area contributed by atoms with E-state index in [0.29, 0.717) is 23.5 Å². The first kappa shape index (κ1) is 11.7. The second-order valence-corrected chi connectivity index (χ2v) is 4.08. The molecular weight excluding hydrogens is 224 g/mol. The molecule has 0 saturated carbocycles. The molecule has 0 amide bonds. The molecule has 17 heavy (non-hydrogen) atoms. The highest BCUT2D eigenvalue weighted by Gasteiger charge is 2.26. The summed E-state index contributed by atoms with van der Waals surface area (Å²) in [7, 11) is 1.49. The highest BCUT2D eigenvalue weighted by atomic mass is 16.5. The molecule has 0 aromatic heterocycles. The first-order valence-electron chi connectivity index (χ1n) is 5.31. The van der Waals surface area contributed by atoms with Crippen molar-refractivity contribution in [3.05, 3.63) is 23.3 Å². The number of hydrogen-bond donors (Lipinski definition) is 2. The molecule has 2 rings (SSSR count). The molecule has 1 aliphatic heterocycles. The molecule has 0 aliphatic carbocycles. The van der Waals surface area contributed by atoms with Gasteiger partial charge in [-0.1, -0.05) is 0 Å². The summed E-state index contributed by atoms with van der Waals surface area (Å²) in [5.41, 5.74) is 1.18. The third-order valence-corrected chi connectivity index (χ3v) is 2.75. The molecule has 2 unspecified atom stereocenters. The predicted octanol–water partition coefficient (Wildman–Crippen LogP) is 1.14. The topological polar surface area (TPSA) is 76.0 Å². The van der Waals surface area contributed by atoms with Gasteiger partial charge in [0.2, 0.25) is 0 Å². The maximum atomic E-state index is 10.7. The van der Waals surface area contributed by atoms with E-state index in [9.17, 15) is 9.90 Å². The van der Waals surface area contributed by atoms with Crippen molar-refractivity contribution in [2.24, 2.45) is 0 Å². The van der Waals surface area contributed by atoms with Crippen molar-refractivity contribution in [3.8, 4) is 11.5 Å². The van der Waals surface area contributed by atoms with E-state index in [1.165, 1.54) is 13.2 Å². The highest BCUT2D eigenvalue weighted by Crippen LogP contribution is 2.40. The van der Waals surface area contributed by atoms with Gasteiger partial charge < -0.3 is 19.7 Å². The number of aliphatic hydroxyl groups is 1. The summed E-state index contributed by atoms with van der Waals surface area (Å²) in [5, 5.41) is 18.3. The van der Waals surface area contributed by atoms with Crippen molar-refractivity contribution in [1.29, 1.82) is 0 Å². The summed E-state index contributed by atoms with van der Waals surface area (Å²) in [6.07, 6.45) is -0.812. The van der Waals surface area contributed by atoms with E-state index < -0.39 is 12.1 Å². The molecule has 1 aliphatic rings. The van der Waals surface area contributed by atoms with Gasteiger partial charge in [-0.25, -0.2) is 4.79 Å². The van der Waals surface area contributed by atoms with E-state index in [2.05, 4.69) is 0 Å². The van der Waals surface area contributed by atoms with Crippen LogP contribution in [-0.2, 0) is 11.2 Å². The first-order valence-corrected chi connectivity index (χ1v) is 5.31. The average molecular weight is 238 g/mol. The number of rotatable bonds is 3. The molecular formula is C12H14O5. The summed E-state index contributed by atoms with van der Waals surface area (Å²) in [5.74, 6) is -0.178. The van der Waals surface area contributed by atoms with Gasteiger partial charge in [0.15, 0.2) is 17.6 Å². The van der Waals surface area contributed by atoms with Crippen LogP contribution in [0.3, 0.4) is 0 Å². The molecule has 0 saturated heterocycles. The number of carboxylic acids is 1. The molecule has 92 valence electrons. The Morgan fingerprint density at radius 2 is 2.29 bits per heavy atom. The van der Waals surface area contributed by atoms with E-state index in [-0.39, 0.29) is 6.10 Å². The van der Waals surface area contributed by atoms with Crippen molar-refractivity contribution < 1.29 is 24.5 Å². The molecule has 2 N–H and O–H groups in total. The summed E-state index contributed by atoms with van der Waals surface area (Å²) in [6.45, 7) is 1.92. The van der Waals surface area contributed by atoms with Gasteiger partial charge in [-0.3, -0.25) is 0 Å². The number of aliphatic hydroxyl groups excluding tert-OH is 1. The van der Waals surface area contributed by atoms with Gasteiger partial charge in [-0.15, -0.1) is 0 Å². The van der Waals surface area contributed by atoms with Crippen LogP contribution in [-0.4, -0.2) is 29.4 Å². The average Bonchev–Trinajstić information content (AvgIpc) is 2.66. The predicted molar refractivity (Wildman–Crippen MR) is 59.4 cm³/mol. The lowest BCUT2D eigenvalue weighted by molar-refractivity contribution is -0.146. The molecule has 0 radical (unpaired) electrons. The van der Waals surface area contributed by atoms with Crippen molar-refractivity contribution in [2.45, 2.75) is 25.6 Å². The molecule has 0 fully saturated rings. The minimum absolute atomic E-state index is 0.0381. The first-order chi connectivity index (χ1) is 8.02. The number of carboxylic acid groups (broad SMARTS) is 1. The van der Waals surface area contributed by atoms with E-state index in [1.54, 1.807) is 6.07 Å². The lowest BCUT2D eigenvalue weighted by Crippen LogP contribution is -2.10. The van der Waals surface area contributed by atoms with Gasteiger partial charge >= 0.3 is 5.97 Å². The lowest BCUT2D eigenvalue weighted by atomic mass is 10.0. The number of hydrogen-bond acceptors (Lipinski definition) is 4. The van der Waals surface area contributed by atoms with Crippen molar-refractivity contribution in [2.75, 3.05) is 7.11 Å². The van der Waals surface area contributed by atoms with Crippen LogP contribution in [0.5, 0.6) is 11.5 Å². The van der Waals surface area contributed by atoms with E-state index in [4.69, 9.17) is 14.6 Å². The van der Waals surface area contributed by atoms with Crippen LogP contribution < -0.4 is 9.47 Å². The Kier molecular flexibility index (Phi) is 2.93. The molecule has 5 nitrogen and oxygen atoms in total. The van der Waals surface area contributed by atoms with Crippen LogP contribution in [0, 0.1) is 0 Å². The maximum Gasteiger partial charge on any atom is 0.337 e. The van der Waals surface area contributed by atoms with E-state index in [0.717, 1.165) is 5.56 Å². The van der Waals surface area contributed by atoms with Gasteiger partial charge in [-0.05, 0) is 24.6 Å². The fourth-order valence-electron chi connectivity index (χ4n) is 1.97. The van der Waals surface area contributed by atoms with Gasteiger partial charge in [0.25, 0.3) is 0 Å². The smallest absolute Gasteiger partial charge is 0.337 e. The van der Waals surface area contributed by atoms with Crippen LogP contribution in [0.2, 0.25) is 0 Å². The monoisotopic (exact) mass is 238 g/mol. The molecule has 5 heteroatoms. The number of aliphatic carboxylic acids is 1. The van der Waals surface area contributed by atoms with Crippen LogP contribution in [0.25, 0.3) is 0 Å². The molecule has 2 atom stereocenters. The quantitative estimate of drug-likeness (QED) is 0.825. The highest BCUT2D eigenvalue weighted by molar-refractivity contribution is 5.74. The summed E-state index contributed by atoms with van der Waals surface area (Å²) >= 11 is 0. The standard InChI is InChI=1S/C12H14O5/c1-6-3-8-4-7(10(13)12(14)15)5-9(16-2)11(8)17-6/h4-6,10,13H,3H2,1-2H3,(H,14,15). The van der Waals surface area contributed by atoms with Gasteiger partial charge in [0.05, 0.1) is 7.11 Å². The number of benzene rings is 1. The molecule has 0 bridgehead atoms. The Morgan fingerprint density at radius 1 is 1.59 bits per heavy atom. The van der Waals surface area contributed by atoms with Crippen LogP contribution in [0.15, 0.2) is 12.1 Å². The fraction of sp³-hybridized carbons (Fsp3) is 0.417. The summed E-state index contributed by atoms with van der Waals surface area (Å²) in [4.78, 5) is 10.7. The third-order valence-electron chi connectivity index (χ3n) is 2.75. The number of fused-ring (bicyclic) bond motifs is 1. The second kappa shape index (κ2) is 4.25. The Labute approximate surface area is 98.6 Å². The Morgan fingerprint density at radius 3 is 2.88 bits per heavy atom. The Balaban J connectivity index is 2.45. The van der Waals surface area contributed by atoms with Crippen molar-refractivity contribution >= 4 is 5.97 Å². The Hall–Kier alpha value is -1.75. The summed E-state index contributed by atoms with van der Waals surface area (Å²) in [6, 6.07) is 3.15. The van der Waals surface area contributed by atoms with Gasteiger partial charge in [0, 0.05) is 12.0 Å². The number of ether oxygens (including phenoxy) is 2. The normalized spacial score (nSPS) is 19.4. The second-order valence-electron chi connectivity index (χ2n) is 4.08. The number of carbonyl (C=O) groups is 1.